The highest BCUT2D eigenvalue weighted by Crippen LogP contribution is 2.40. The molecule has 1 aliphatic heterocycles. The average molecular weight is 268 g/mol. The average Bonchev–Trinajstić information content (AvgIpc) is 3.09. The number of methoxy groups -OCH3 is 1. The summed E-state index contributed by atoms with van der Waals surface area (Å²) in [6.45, 7) is 1.02. The number of aromatic nitrogens is 2. The standard InChI is InChI=1S/C13H20N2O4/c1-17-13(5-2-3-6-13)12-14-11(19-15-12)9-8-18-7-4-10(9)16/h9-10,16H,2-8H2,1H3. The molecule has 0 radical (unpaired) electrons. The highest BCUT2D eigenvalue weighted by molar-refractivity contribution is 5.07. The van der Waals surface area contributed by atoms with Crippen molar-refractivity contribution >= 4 is 0 Å². The van der Waals surface area contributed by atoms with Crippen LogP contribution in [-0.4, -0.2) is 41.7 Å². The van der Waals surface area contributed by atoms with Crippen molar-refractivity contribution in [2.75, 3.05) is 20.3 Å². The monoisotopic (exact) mass is 268 g/mol. The Balaban J connectivity index is 1.82. The van der Waals surface area contributed by atoms with Gasteiger partial charge in [0.1, 0.15) is 5.60 Å². The summed E-state index contributed by atoms with van der Waals surface area (Å²) in [4.78, 5) is 4.47. The van der Waals surface area contributed by atoms with Gasteiger partial charge in [0.2, 0.25) is 11.7 Å². The minimum atomic E-state index is -0.468. The Morgan fingerprint density at radius 3 is 2.84 bits per heavy atom. The Labute approximate surface area is 112 Å². The van der Waals surface area contributed by atoms with Gasteiger partial charge in [0.15, 0.2) is 0 Å². The smallest absolute Gasteiger partial charge is 0.234 e. The summed E-state index contributed by atoms with van der Waals surface area (Å²) in [5.74, 6) is 0.858. The molecule has 2 unspecified atom stereocenters. The van der Waals surface area contributed by atoms with E-state index in [4.69, 9.17) is 14.0 Å². The van der Waals surface area contributed by atoms with Crippen molar-refractivity contribution in [1.29, 1.82) is 0 Å². The third kappa shape index (κ3) is 2.28. The minimum absolute atomic E-state index is 0.217. The van der Waals surface area contributed by atoms with Crippen LogP contribution in [0.1, 0.15) is 49.7 Å². The molecule has 1 aliphatic carbocycles. The Bertz CT molecular complexity index is 428. The summed E-state index contributed by atoms with van der Waals surface area (Å²) < 4.78 is 16.3. The zero-order valence-electron chi connectivity index (χ0n) is 11.2. The molecular formula is C13H20N2O4. The third-order valence-corrected chi connectivity index (χ3v) is 4.29. The maximum Gasteiger partial charge on any atom is 0.234 e. The molecule has 1 N–H and O–H groups in total. The quantitative estimate of drug-likeness (QED) is 0.891. The van der Waals surface area contributed by atoms with Gasteiger partial charge >= 0.3 is 0 Å². The fraction of sp³-hybridized carbons (Fsp3) is 0.846. The summed E-state index contributed by atoms with van der Waals surface area (Å²) >= 11 is 0. The van der Waals surface area contributed by atoms with Crippen molar-refractivity contribution in [1.82, 2.24) is 10.1 Å². The molecular weight excluding hydrogens is 248 g/mol. The topological polar surface area (TPSA) is 77.6 Å². The van der Waals surface area contributed by atoms with Gasteiger partial charge in [-0.25, -0.2) is 0 Å². The number of hydrogen-bond donors (Lipinski definition) is 1. The predicted molar refractivity (Wildman–Crippen MR) is 65.6 cm³/mol. The Kier molecular flexibility index (Phi) is 3.56. The van der Waals surface area contributed by atoms with Gasteiger partial charge in [-0.05, 0) is 32.1 Å². The van der Waals surface area contributed by atoms with Crippen LogP contribution in [-0.2, 0) is 15.1 Å². The van der Waals surface area contributed by atoms with Gasteiger partial charge in [-0.1, -0.05) is 5.16 Å². The molecule has 2 heterocycles. The third-order valence-electron chi connectivity index (χ3n) is 4.29. The van der Waals surface area contributed by atoms with E-state index in [0.29, 0.717) is 31.3 Å². The SMILES string of the molecule is COC1(c2noc(C3COCCC3O)n2)CCCC1. The molecule has 1 saturated carbocycles. The van der Waals surface area contributed by atoms with E-state index < -0.39 is 11.7 Å². The molecule has 0 aromatic carbocycles. The normalized spacial score (nSPS) is 30.6. The molecule has 19 heavy (non-hydrogen) atoms. The summed E-state index contributed by atoms with van der Waals surface area (Å²) in [6, 6.07) is 0. The Morgan fingerprint density at radius 1 is 1.37 bits per heavy atom. The lowest BCUT2D eigenvalue weighted by Crippen LogP contribution is -2.30. The summed E-state index contributed by atoms with van der Waals surface area (Å²) in [6.07, 6.45) is 4.22. The van der Waals surface area contributed by atoms with Crippen LogP contribution >= 0.6 is 0 Å². The second-order valence-electron chi connectivity index (χ2n) is 5.40. The molecule has 1 saturated heterocycles. The van der Waals surface area contributed by atoms with Crippen LogP contribution in [0.5, 0.6) is 0 Å². The Hall–Kier alpha value is -0.980. The minimum Gasteiger partial charge on any atom is -0.392 e. The molecule has 2 aliphatic rings. The number of ether oxygens (including phenoxy) is 2. The molecule has 6 heteroatoms. The first-order valence-electron chi connectivity index (χ1n) is 6.90. The molecule has 0 spiro atoms. The van der Waals surface area contributed by atoms with Crippen LogP contribution in [0.25, 0.3) is 0 Å². The van der Waals surface area contributed by atoms with Crippen molar-refractivity contribution in [2.45, 2.75) is 49.7 Å². The summed E-state index contributed by atoms with van der Waals surface area (Å²) in [7, 11) is 1.69. The molecule has 3 rings (SSSR count). The lowest BCUT2D eigenvalue weighted by atomic mass is 9.98. The Morgan fingerprint density at radius 2 is 2.16 bits per heavy atom. The molecule has 6 nitrogen and oxygen atoms in total. The van der Waals surface area contributed by atoms with Gasteiger partial charge < -0.3 is 19.1 Å². The molecule has 2 fully saturated rings. The summed E-state index contributed by atoms with van der Waals surface area (Å²) in [5.41, 5.74) is -0.401. The number of nitrogens with zero attached hydrogens (tertiary/aromatic N) is 2. The van der Waals surface area contributed by atoms with Crippen LogP contribution in [0.2, 0.25) is 0 Å². The first kappa shape index (κ1) is 13.0. The van der Waals surface area contributed by atoms with Crippen LogP contribution in [0.3, 0.4) is 0 Å². The molecule has 0 bridgehead atoms. The fourth-order valence-electron chi connectivity index (χ4n) is 3.00. The van der Waals surface area contributed by atoms with Crippen molar-refractivity contribution in [2.24, 2.45) is 0 Å². The first-order valence-corrected chi connectivity index (χ1v) is 6.90. The highest BCUT2D eigenvalue weighted by Gasteiger charge is 2.41. The number of rotatable bonds is 3. The number of aliphatic hydroxyl groups excluding tert-OH is 1. The zero-order valence-corrected chi connectivity index (χ0v) is 11.2. The van der Waals surface area contributed by atoms with Gasteiger partial charge in [-0.3, -0.25) is 0 Å². The van der Waals surface area contributed by atoms with Crippen molar-refractivity contribution in [3.05, 3.63) is 11.7 Å². The largest absolute Gasteiger partial charge is 0.392 e. The van der Waals surface area contributed by atoms with Crippen molar-refractivity contribution < 1.29 is 19.1 Å². The molecule has 2 atom stereocenters. The van der Waals surface area contributed by atoms with Gasteiger partial charge in [-0.2, -0.15) is 4.98 Å². The fourth-order valence-corrected chi connectivity index (χ4v) is 3.00. The molecule has 1 aromatic heterocycles. The van der Waals surface area contributed by atoms with Crippen LogP contribution in [0.4, 0.5) is 0 Å². The van der Waals surface area contributed by atoms with E-state index in [1.165, 1.54) is 0 Å². The van der Waals surface area contributed by atoms with E-state index in [1.807, 2.05) is 0 Å². The molecule has 1 aromatic rings. The van der Waals surface area contributed by atoms with Gasteiger partial charge in [-0.15, -0.1) is 0 Å². The van der Waals surface area contributed by atoms with E-state index in [9.17, 15) is 5.11 Å². The second-order valence-corrected chi connectivity index (χ2v) is 5.40. The number of hydrogen-bond acceptors (Lipinski definition) is 6. The van der Waals surface area contributed by atoms with Gasteiger partial charge in [0.05, 0.1) is 18.6 Å². The van der Waals surface area contributed by atoms with Gasteiger partial charge in [0, 0.05) is 13.7 Å². The zero-order chi connectivity index (χ0) is 13.3. The van der Waals surface area contributed by atoms with Crippen molar-refractivity contribution in [3.8, 4) is 0 Å². The molecule has 106 valence electrons. The first-order chi connectivity index (χ1) is 9.25. The van der Waals surface area contributed by atoms with Crippen LogP contribution in [0.15, 0.2) is 4.52 Å². The number of aliphatic hydroxyl groups is 1. The maximum atomic E-state index is 9.98. The lowest BCUT2D eigenvalue weighted by Gasteiger charge is -2.25. The van der Waals surface area contributed by atoms with E-state index in [1.54, 1.807) is 7.11 Å². The van der Waals surface area contributed by atoms with E-state index in [0.717, 1.165) is 25.7 Å². The lowest BCUT2D eigenvalue weighted by molar-refractivity contribution is -0.0178. The highest BCUT2D eigenvalue weighted by atomic mass is 16.5. The van der Waals surface area contributed by atoms with E-state index in [2.05, 4.69) is 10.1 Å². The van der Waals surface area contributed by atoms with Crippen LogP contribution < -0.4 is 0 Å². The van der Waals surface area contributed by atoms with E-state index >= 15 is 0 Å². The van der Waals surface area contributed by atoms with Crippen molar-refractivity contribution in [3.63, 3.8) is 0 Å². The van der Waals surface area contributed by atoms with Gasteiger partial charge in [0.25, 0.3) is 0 Å². The molecule has 0 amide bonds. The van der Waals surface area contributed by atoms with E-state index in [-0.39, 0.29) is 5.92 Å². The second kappa shape index (κ2) is 5.19. The predicted octanol–water partition coefficient (Wildman–Crippen LogP) is 1.35. The van der Waals surface area contributed by atoms with Crippen LogP contribution in [0, 0.1) is 0 Å². The summed E-state index contributed by atoms with van der Waals surface area (Å²) in [5, 5.41) is 14.1. The maximum absolute atomic E-state index is 9.98.